The van der Waals surface area contributed by atoms with E-state index in [1.54, 1.807) is 18.2 Å². The minimum absolute atomic E-state index is 0.0683. The van der Waals surface area contributed by atoms with Crippen molar-refractivity contribution in [3.05, 3.63) is 28.2 Å². The molecular weight excluding hydrogens is 381 g/mol. The topological polar surface area (TPSA) is 78.5 Å². The highest BCUT2D eigenvalue weighted by molar-refractivity contribution is 8.00. The zero-order valence-electron chi connectivity index (χ0n) is 11.8. The molecule has 124 valence electrons. The molecule has 6 nitrogen and oxygen atoms in total. The SMILES string of the molecule is O=C(CSc1cc(Cl)ccc1Cl)NNC(=O)CN1CSCC1=O. The fourth-order valence-electron chi connectivity index (χ4n) is 1.66. The van der Waals surface area contributed by atoms with Crippen molar-refractivity contribution in [2.45, 2.75) is 4.90 Å². The first-order valence-electron chi connectivity index (χ1n) is 6.47. The number of rotatable bonds is 5. The number of nitrogens with one attached hydrogen (secondary N) is 2. The van der Waals surface area contributed by atoms with Gasteiger partial charge in [0, 0.05) is 9.92 Å². The Kier molecular flexibility index (Phi) is 6.88. The normalized spacial score (nSPS) is 14.0. The number of thioether (sulfide) groups is 2. The number of carbonyl (C=O) groups excluding carboxylic acids is 3. The number of hydrogen-bond donors (Lipinski definition) is 2. The lowest BCUT2D eigenvalue weighted by Crippen LogP contribution is -2.47. The summed E-state index contributed by atoms with van der Waals surface area (Å²) in [5, 5.41) is 1.03. The number of amides is 3. The van der Waals surface area contributed by atoms with E-state index in [4.69, 9.17) is 23.2 Å². The monoisotopic (exact) mass is 393 g/mol. The second kappa shape index (κ2) is 8.68. The summed E-state index contributed by atoms with van der Waals surface area (Å²) in [7, 11) is 0. The lowest BCUT2D eigenvalue weighted by molar-refractivity contribution is -0.133. The number of benzene rings is 1. The smallest absolute Gasteiger partial charge is 0.258 e. The fourth-order valence-corrected chi connectivity index (χ4v) is 3.86. The van der Waals surface area contributed by atoms with Crippen molar-refractivity contribution in [2.24, 2.45) is 0 Å². The molecule has 0 saturated carbocycles. The summed E-state index contributed by atoms with van der Waals surface area (Å²) < 4.78 is 0. The van der Waals surface area contributed by atoms with Crippen LogP contribution in [-0.2, 0) is 14.4 Å². The van der Waals surface area contributed by atoms with Crippen molar-refractivity contribution < 1.29 is 14.4 Å². The molecule has 1 fully saturated rings. The van der Waals surface area contributed by atoms with Gasteiger partial charge in [-0.1, -0.05) is 23.2 Å². The molecule has 0 spiro atoms. The maximum Gasteiger partial charge on any atom is 0.258 e. The molecule has 3 amide bonds. The summed E-state index contributed by atoms with van der Waals surface area (Å²) in [5.41, 5.74) is 4.57. The zero-order chi connectivity index (χ0) is 16.8. The van der Waals surface area contributed by atoms with Gasteiger partial charge in [-0.05, 0) is 18.2 Å². The lowest BCUT2D eigenvalue weighted by Gasteiger charge is -2.14. The van der Waals surface area contributed by atoms with Crippen LogP contribution in [0.1, 0.15) is 0 Å². The van der Waals surface area contributed by atoms with Crippen LogP contribution in [0.3, 0.4) is 0 Å². The predicted molar refractivity (Wildman–Crippen MR) is 92.5 cm³/mol. The van der Waals surface area contributed by atoms with Gasteiger partial charge in [0.25, 0.3) is 5.91 Å². The molecule has 1 aromatic rings. The van der Waals surface area contributed by atoms with Crippen LogP contribution in [0, 0.1) is 0 Å². The van der Waals surface area contributed by atoms with Crippen LogP contribution < -0.4 is 10.9 Å². The Morgan fingerprint density at radius 2 is 2.00 bits per heavy atom. The number of hydrogen-bond acceptors (Lipinski definition) is 5. The number of halogens is 2. The average molecular weight is 394 g/mol. The van der Waals surface area contributed by atoms with Crippen molar-refractivity contribution in [1.82, 2.24) is 15.8 Å². The summed E-state index contributed by atoms with van der Waals surface area (Å²) in [4.78, 5) is 36.8. The van der Waals surface area contributed by atoms with Crippen LogP contribution in [0.5, 0.6) is 0 Å². The van der Waals surface area contributed by atoms with Crippen molar-refractivity contribution in [3.63, 3.8) is 0 Å². The highest BCUT2D eigenvalue weighted by Gasteiger charge is 2.22. The van der Waals surface area contributed by atoms with Gasteiger partial charge in [0.15, 0.2) is 0 Å². The molecule has 2 rings (SSSR count). The van der Waals surface area contributed by atoms with Gasteiger partial charge in [0.2, 0.25) is 11.8 Å². The molecule has 0 aromatic heterocycles. The third kappa shape index (κ3) is 5.80. The van der Waals surface area contributed by atoms with Gasteiger partial charge >= 0.3 is 0 Å². The molecule has 1 aliphatic rings. The Morgan fingerprint density at radius 3 is 2.70 bits per heavy atom. The maximum atomic E-state index is 11.7. The van der Waals surface area contributed by atoms with E-state index in [0.717, 1.165) is 0 Å². The Balaban J connectivity index is 1.71. The molecule has 0 bridgehead atoms. The zero-order valence-corrected chi connectivity index (χ0v) is 14.9. The van der Waals surface area contributed by atoms with Crippen LogP contribution in [0.25, 0.3) is 0 Å². The van der Waals surface area contributed by atoms with Gasteiger partial charge in [0.1, 0.15) is 6.54 Å². The molecule has 0 atom stereocenters. The van der Waals surface area contributed by atoms with Crippen molar-refractivity contribution in [3.8, 4) is 0 Å². The molecule has 1 aliphatic heterocycles. The average Bonchev–Trinajstić information content (AvgIpc) is 2.91. The molecule has 0 radical (unpaired) electrons. The van der Waals surface area contributed by atoms with Crippen LogP contribution in [0.2, 0.25) is 10.0 Å². The van der Waals surface area contributed by atoms with E-state index < -0.39 is 5.91 Å². The van der Waals surface area contributed by atoms with Crippen LogP contribution in [0.15, 0.2) is 23.1 Å². The third-order valence-corrected chi connectivity index (χ3v) is 5.43. The first-order valence-corrected chi connectivity index (χ1v) is 9.36. The molecule has 10 heteroatoms. The van der Waals surface area contributed by atoms with Crippen molar-refractivity contribution >= 4 is 64.4 Å². The molecule has 1 saturated heterocycles. The summed E-state index contributed by atoms with van der Waals surface area (Å²) in [6, 6.07) is 4.97. The minimum Gasteiger partial charge on any atom is -0.323 e. The molecular formula is C13H13Cl2N3O3S2. The lowest BCUT2D eigenvalue weighted by atomic mass is 10.4. The highest BCUT2D eigenvalue weighted by atomic mass is 35.5. The van der Waals surface area contributed by atoms with E-state index in [-0.39, 0.29) is 24.1 Å². The van der Waals surface area contributed by atoms with Crippen molar-refractivity contribution in [2.75, 3.05) is 23.9 Å². The maximum absolute atomic E-state index is 11.7. The number of carbonyl (C=O) groups is 3. The summed E-state index contributed by atoms with van der Waals surface area (Å²) in [6.45, 7) is -0.0701. The van der Waals surface area contributed by atoms with E-state index in [1.807, 2.05) is 0 Å². The van der Waals surface area contributed by atoms with E-state index in [1.165, 1.54) is 28.4 Å². The highest BCUT2D eigenvalue weighted by Crippen LogP contribution is 2.29. The van der Waals surface area contributed by atoms with E-state index in [2.05, 4.69) is 10.9 Å². The predicted octanol–water partition coefficient (Wildman–Crippen LogP) is 1.77. The Hall–Kier alpha value is -1.09. The molecule has 23 heavy (non-hydrogen) atoms. The van der Waals surface area contributed by atoms with Crippen LogP contribution >= 0.6 is 46.7 Å². The van der Waals surface area contributed by atoms with Gasteiger partial charge in [-0.25, -0.2) is 0 Å². The quantitative estimate of drug-likeness (QED) is 0.588. The first-order chi connectivity index (χ1) is 11.0. The van der Waals surface area contributed by atoms with Crippen LogP contribution in [-0.4, -0.2) is 46.5 Å². The first kappa shape index (κ1) is 18.3. The van der Waals surface area contributed by atoms with Gasteiger partial charge in [-0.3, -0.25) is 25.2 Å². The fraction of sp³-hybridized carbons (Fsp3) is 0.308. The molecule has 1 aromatic carbocycles. The molecule has 0 unspecified atom stereocenters. The Morgan fingerprint density at radius 1 is 1.26 bits per heavy atom. The van der Waals surface area contributed by atoms with E-state index in [9.17, 15) is 14.4 Å². The van der Waals surface area contributed by atoms with Crippen LogP contribution in [0.4, 0.5) is 0 Å². The van der Waals surface area contributed by atoms with E-state index in [0.29, 0.717) is 26.6 Å². The van der Waals surface area contributed by atoms with E-state index >= 15 is 0 Å². The van der Waals surface area contributed by atoms with Crippen molar-refractivity contribution in [1.29, 1.82) is 0 Å². The standard InChI is InChI=1S/C13H13Cl2N3O3S2/c14-8-1-2-9(15)10(3-8)23-5-12(20)17-16-11(19)4-18-7-22-6-13(18)21/h1-3H,4-7H2,(H,16,19)(H,17,20). The number of nitrogens with zero attached hydrogens (tertiary/aromatic N) is 1. The van der Waals surface area contributed by atoms with Gasteiger partial charge < -0.3 is 4.90 Å². The van der Waals surface area contributed by atoms with Gasteiger partial charge in [-0.2, -0.15) is 0 Å². The molecule has 2 N–H and O–H groups in total. The second-order valence-electron chi connectivity index (χ2n) is 4.53. The Labute approximate surface area is 151 Å². The third-order valence-electron chi connectivity index (χ3n) is 2.75. The second-order valence-corrected chi connectivity index (χ2v) is 7.34. The molecule has 0 aliphatic carbocycles. The summed E-state index contributed by atoms with van der Waals surface area (Å²) >= 11 is 14.5. The largest absolute Gasteiger partial charge is 0.323 e. The summed E-state index contributed by atoms with van der Waals surface area (Å²) in [6.07, 6.45) is 0. The number of hydrazine groups is 1. The minimum atomic E-state index is -0.444. The summed E-state index contributed by atoms with van der Waals surface area (Å²) in [5.74, 6) is 0.0304. The van der Waals surface area contributed by atoms with Gasteiger partial charge in [0.05, 0.1) is 22.4 Å². The molecule has 1 heterocycles. The Bertz CT molecular complexity index is 630. The van der Waals surface area contributed by atoms with Gasteiger partial charge in [-0.15, -0.1) is 23.5 Å².